The van der Waals surface area contributed by atoms with E-state index >= 15 is 0 Å². The number of nitrogens with zero attached hydrogens (tertiary/aromatic N) is 1. The number of rotatable bonds is 3. The summed E-state index contributed by atoms with van der Waals surface area (Å²) in [7, 11) is 0. The second-order valence-electron chi connectivity index (χ2n) is 5.13. The zero-order valence-electron chi connectivity index (χ0n) is 12.1. The summed E-state index contributed by atoms with van der Waals surface area (Å²) >= 11 is 0. The lowest BCUT2D eigenvalue weighted by atomic mass is 10.1. The lowest BCUT2D eigenvalue weighted by Crippen LogP contribution is -2.28. The molecule has 0 saturated carbocycles. The lowest BCUT2D eigenvalue weighted by molar-refractivity contribution is -0.121. The van der Waals surface area contributed by atoms with Gasteiger partial charge in [0.15, 0.2) is 0 Å². The van der Waals surface area contributed by atoms with Gasteiger partial charge >= 0.3 is 0 Å². The van der Waals surface area contributed by atoms with Crippen molar-refractivity contribution < 1.29 is 18.8 Å². The zero-order valence-corrected chi connectivity index (χ0v) is 12.1. The molecule has 3 amide bonds. The molecule has 1 heterocycles. The number of benzene rings is 2. The van der Waals surface area contributed by atoms with E-state index in [4.69, 9.17) is 0 Å². The van der Waals surface area contributed by atoms with Crippen molar-refractivity contribution in [1.29, 1.82) is 0 Å². The first-order valence-corrected chi connectivity index (χ1v) is 7.07. The molecule has 0 aromatic heterocycles. The molecule has 1 fully saturated rings. The molecule has 3 rings (SSSR count). The first kappa shape index (κ1) is 14.9. The van der Waals surface area contributed by atoms with Crippen LogP contribution in [0.3, 0.4) is 0 Å². The topological polar surface area (TPSA) is 66.5 Å². The summed E-state index contributed by atoms with van der Waals surface area (Å²) in [4.78, 5) is 36.6. The average Bonchev–Trinajstić information content (AvgIpc) is 2.86. The van der Waals surface area contributed by atoms with Gasteiger partial charge in [0.1, 0.15) is 5.82 Å². The van der Waals surface area contributed by atoms with Crippen molar-refractivity contribution in [3.8, 4) is 0 Å². The van der Waals surface area contributed by atoms with E-state index in [1.165, 1.54) is 30.3 Å². The molecular formula is C17H13FN2O3. The quantitative estimate of drug-likeness (QED) is 0.886. The molecule has 1 saturated heterocycles. The molecule has 0 radical (unpaired) electrons. The first-order chi connectivity index (χ1) is 11.0. The fourth-order valence-electron chi connectivity index (χ4n) is 2.40. The number of nitrogens with one attached hydrogen (secondary N) is 1. The van der Waals surface area contributed by atoms with Crippen molar-refractivity contribution in [3.05, 3.63) is 59.9 Å². The third-order valence-corrected chi connectivity index (χ3v) is 3.52. The van der Waals surface area contributed by atoms with Gasteiger partial charge in [0, 0.05) is 24.1 Å². The Morgan fingerprint density at radius 2 is 1.65 bits per heavy atom. The fourth-order valence-corrected chi connectivity index (χ4v) is 2.40. The van der Waals surface area contributed by atoms with Crippen molar-refractivity contribution in [2.24, 2.45) is 0 Å². The molecule has 1 aliphatic heterocycles. The molecule has 0 atom stereocenters. The van der Waals surface area contributed by atoms with Crippen LogP contribution < -0.4 is 10.2 Å². The third-order valence-electron chi connectivity index (χ3n) is 3.52. The van der Waals surface area contributed by atoms with Crippen LogP contribution in [-0.4, -0.2) is 17.7 Å². The Morgan fingerprint density at radius 3 is 2.26 bits per heavy atom. The van der Waals surface area contributed by atoms with Crippen LogP contribution in [0.1, 0.15) is 23.2 Å². The SMILES string of the molecule is O=C(Nc1cccc(F)c1)c1ccc(N2C(=O)CCC2=O)cc1. The molecule has 0 aliphatic carbocycles. The van der Waals surface area contributed by atoms with Crippen LogP contribution in [0.25, 0.3) is 0 Å². The van der Waals surface area contributed by atoms with Crippen LogP contribution in [0, 0.1) is 5.82 Å². The van der Waals surface area contributed by atoms with Gasteiger partial charge in [0.2, 0.25) is 11.8 Å². The van der Waals surface area contributed by atoms with E-state index in [1.54, 1.807) is 18.2 Å². The molecule has 5 nitrogen and oxygen atoms in total. The predicted molar refractivity (Wildman–Crippen MR) is 82.5 cm³/mol. The predicted octanol–water partition coefficient (Wildman–Crippen LogP) is 2.73. The second-order valence-corrected chi connectivity index (χ2v) is 5.13. The molecule has 116 valence electrons. The van der Waals surface area contributed by atoms with Crippen molar-refractivity contribution in [2.45, 2.75) is 12.8 Å². The van der Waals surface area contributed by atoms with Gasteiger partial charge in [-0.1, -0.05) is 6.07 Å². The minimum absolute atomic E-state index is 0.209. The second kappa shape index (κ2) is 6.00. The van der Waals surface area contributed by atoms with E-state index in [2.05, 4.69) is 5.32 Å². The summed E-state index contributed by atoms with van der Waals surface area (Å²) in [6.07, 6.45) is 0.418. The lowest BCUT2D eigenvalue weighted by Gasteiger charge is -2.14. The molecule has 1 aliphatic rings. The molecule has 6 heteroatoms. The molecule has 1 N–H and O–H groups in total. The van der Waals surface area contributed by atoms with Crippen LogP contribution in [0.5, 0.6) is 0 Å². The van der Waals surface area contributed by atoms with Crippen LogP contribution in [-0.2, 0) is 9.59 Å². The Bertz CT molecular complexity index is 771. The van der Waals surface area contributed by atoms with E-state index in [1.807, 2.05) is 0 Å². The number of anilines is 2. The summed E-state index contributed by atoms with van der Waals surface area (Å²) in [5.41, 5.74) is 1.14. The van der Waals surface area contributed by atoms with Gasteiger partial charge in [0.05, 0.1) is 5.69 Å². The number of halogens is 1. The van der Waals surface area contributed by atoms with Gasteiger partial charge < -0.3 is 5.32 Å². The number of amides is 3. The Balaban J connectivity index is 1.75. The number of hydrogen-bond donors (Lipinski definition) is 1. The normalized spacial score (nSPS) is 14.2. The minimum atomic E-state index is -0.441. The van der Waals surface area contributed by atoms with E-state index in [0.717, 1.165) is 4.90 Å². The van der Waals surface area contributed by atoms with Gasteiger partial charge in [-0.05, 0) is 42.5 Å². The maximum Gasteiger partial charge on any atom is 0.255 e. The summed E-state index contributed by atoms with van der Waals surface area (Å²) < 4.78 is 13.1. The molecular weight excluding hydrogens is 299 g/mol. The first-order valence-electron chi connectivity index (χ1n) is 7.07. The maximum absolute atomic E-state index is 13.1. The Morgan fingerprint density at radius 1 is 1.00 bits per heavy atom. The van der Waals surface area contributed by atoms with E-state index < -0.39 is 11.7 Å². The summed E-state index contributed by atoms with van der Waals surface area (Å²) in [5, 5.41) is 2.58. The fraction of sp³-hybridized carbons (Fsp3) is 0.118. The summed E-state index contributed by atoms with van der Waals surface area (Å²) in [5.74, 6) is -1.33. The number of imide groups is 1. The molecule has 0 spiro atoms. The van der Waals surface area contributed by atoms with Crippen LogP contribution >= 0.6 is 0 Å². The van der Waals surface area contributed by atoms with Crippen molar-refractivity contribution >= 4 is 29.1 Å². The highest BCUT2D eigenvalue weighted by molar-refractivity contribution is 6.20. The largest absolute Gasteiger partial charge is 0.322 e. The highest BCUT2D eigenvalue weighted by Crippen LogP contribution is 2.23. The van der Waals surface area contributed by atoms with Crippen LogP contribution in [0.15, 0.2) is 48.5 Å². The minimum Gasteiger partial charge on any atom is -0.322 e. The summed E-state index contributed by atoms with van der Waals surface area (Å²) in [6, 6.07) is 11.7. The van der Waals surface area contributed by atoms with Gasteiger partial charge in [-0.2, -0.15) is 0 Å². The van der Waals surface area contributed by atoms with Gasteiger partial charge in [-0.25, -0.2) is 4.39 Å². The molecule has 0 unspecified atom stereocenters. The van der Waals surface area contributed by atoms with Gasteiger partial charge in [-0.15, -0.1) is 0 Å². The van der Waals surface area contributed by atoms with Gasteiger partial charge in [0.25, 0.3) is 5.91 Å². The summed E-state index contributed by atoms with van der Waals surface area (Å²) in [6.45, 7) is 0. The number of carbonyl (C=O) groups excluding carboxylic acids is 3. The van der Waals surface area contributed by atoms with Crippen LogP contribution in [0.4, 0.5) is 15.8 Å². The number of carbonyl (C=O) groups is 3. The highest BCUT2D eigenvalue weighted by atomic mass is 19.1. The molecule has 0 bridgehead atoms. The Hall–Kier alpha value is -3.02. The van der Waals surface area contributed by atoms with Crippen molar-refractivity contribution in [3.63, 3.8) is 0 Å². The highest BCUT2D eigenvalue weighted by Gasteiger charge is 2.30. The average molecular weight is 312 g/mol. The third kappa shape index (κ3) is 3.11. The van der Waals surface area contributed by atoms with E-state index in [0.29, 0.717) is 16.9 Å². The molecule has 2 aromatic carbocycles. The number of hydrogen-bond acceptors (Lipinski definition) is 3. The van der Waals surface area contributed by atoms with Crippen LogP contribution in [0.2, 0.25) is 0 Å². The van der Waals surface area contributed by atoms with Gasteiger partial charge in [-0.3, -0.25) is 19.3 Å². The molecule has 23 heavy (non-hydrogen) atoms. The standard InChI is InChI=1S/C17H13FN2O3/c18-12-2-1-3-13(10-12)19-17(23)11-4-6-14(7-5-11)20-15(21)8-9-16(20)22/h1-7,10H,8-9H2,(H,19,23). The Kier molecular flexibility index (Phi) is 3.89. The smallest absolute Gasteiger partial charge is 0.255 e. The zero-order chi connectivity index (χ0) is 16.4. The van der Waals surface area contributed by atoms with E-state index in [-0.39, 0.29) is 24.7 Å². The monoisotopic (exact) mass is 312 g/mol. The Labute approximate surface area is 131 Å². The molecule has 2 aromatic rings. The van der Waals surface area contributed by atoms with Crippen molar-refractivity contribution in [1.82, 2.24) is 0 Å². The maximum atomic E-state index is 13.1. The van der Waals surface area contributed by atoms with E-state index in [9.17, 15) is 18.8 Å². The van der Waals surface area contributed by atoms with Crippen molar-refractivity contribution in [2.75, 3.05) is 10.2 Å².